The van der Waals surface area contributed by atoms with E-state index in [4.69, 9.17) is 11.6 Å². The molecule has 4 nitrogen and oxygen atoms in total. The van der Waals surface area contributed by atoms with E-state index >= 15 is 0 Å². The number of carbonyl (C=O) groups excluding carboxylic acids is 1. The van der Waals surface area contributed by atoms with Crippen LogP contribution in [0.1, 0.15) is 5.56 Å². The van der Waals surface area contributed by atoms with E-state index in [0.717, 1.165) is 11.3 Å². The maximum Gasteiger partial charge on any atom is 0.248 e. The van der Waals surface area contributed by atoms with Gasteiger partial charge in [0, 0.05) is 23.5 Å². The molecule has 0 aliphatic carbocycles. The van der Waals surface area contributed by atoms with E-state index in [-0.39, 0.29) is 10.9 Å². The highest BCUT2D eigenvalue weighted by atomic mass is 35.5. The number of nitrogens with one attached hydrogen (secondary N) is 1. The number of hydrogen-bond donors (Lipinski definition) is 1. The van der Waals surface area contributed by atoms with Gasteiger partial charge in [-0.05, 0) is 36.4 Å². The van der Waals surface area contributed by atoms with E-state index in [0.29, 0.717) is 5.69 Å². The molecule has 0 fully saturated rings. The number of amides is 1. The molecule has 120 valence electrons. The highest BCUT2D eigenvalue weighted by Crippen LogP contribution is 2.19. The van der Waals surface area contributed by atoms with Gasteiger partial charge in [0.05, 0.1) is 16.9 Å². The van der Waals surface area contributed by atoms with Crippen molar-refractivity contribution in [2.45, 2.75) is 0 Å². The van der Waals surface area contributed by atoms with Crippen LogP contribution in [0.3, 0.4) is 0 Å². The molecule has 0 aliphatic rings. The molecular weight excluding hydrogens is 329 g/mol. The third kappa shape index (κ3) is 3.88. The minimum Gasteiger partial charge on any atom is -0.322 e. The first-order chi connectivity index (χ1) is 11.6. The van der Waals surface area contributed by atoms with Gasteiger partial charge < -0.3 is 5.32 Å². The van der Waals surface area contributed by atoms with Crippen LogP contribution in [0.4, 0.5) is 10.1 Å². The summed E-state index contributed by atoms with van der Waals surface area (Å²) in [5, 5.41) is 6.82. The second-order valence-corrected chi connectivity index (χ2v) is 5.41. The molecule has 1 aromatic heterocycles. The summed E-state index contributed by atoms with van der Waals surface area (Å²) in [5.74, 6) is -0.872. The molecule has 0 bridgehead atoms. The van der Waals surface area contributed by atoms with Crippen molar-refractivity contribution < 1.29 is 9.18 Å². The van der Waals surface area contributed by atoms with Gasteiger partial charge in [0.15, 0.2) is 0 Å². The van der Waals surface area contributed by atoms with E-state index in [1.54, 1.807) is 17.0 Å². The number of halogens is 2. The number of carbonyl (C=O) groups is 1. The monoisotopic (exact) mass is 341 g/mol. The lowest BCUT2D eigenvalue weighted by Gasteiger charge is -2.02. The molecule has 1 N–H and O–H groups in total. The number of aromatic nitrogens is 2. The fraction of sp³-hybridized carbons (Fsp3) is 0. The summed E-state index contributed by atoms with van der Waals surface area (Å²) in [6.45, 7) is 0. The quantitative estimate of drug-likeness (QED) is 0.718. The highest BCUT2D eigenvalue weighted by Gasteiger charge is 2.03. The minimum absolute atomic E-state index is 0.0408. The summed E-state index contributed by atoms with van der Waals surface area (Å²) in [6.07, 6.45) is 6.50. The first-order valence-electron chi connectivity index (χ1n) is 7.16. The summed E-state index contributed by atoms with van der Waals surface area (Å²) in [6, 6.07) is 13.7. The molecule has 3 aromatic rings. The van der Waals surface area contributed by atoms with Gasteiger partial charge in [-0.2, -0.15) is 5.10 Å². The average Bonchev–Trinajstić information content (AvgIpc) is 3.06. The van der Waals surface area contributed by atoms with Crippen LogP contribution < -0.4 is 5.32 Å². The van der Waals surface area contributed by atoms with Gasteiger partial charge in [-0.25, -0.2) is 9.07 Å². The lowest BCUT2D eigenvalue weighted by molar-refractivity contribution is -0.111. The van der Waals surface area contributed by atoms with Crippen LogP contribution >= 0.6 is 11.6 Å². The van der Waals surface area contributed by atoms with E-state index in [1.807, 2.05) is 36.5 Å². The number of hydrogen-bond acceptors (Lipinski definition) is 2. The number of nitrogens with zero attached hydrogens (tertiary/aromatic N) is 2. The molecular formula is C18H13ClFN3O. The smallest absolute Gasteiger partial charge is 0.248 e. The van der Waals surface area contributed by atoms with Crippen LogP contribution in [-0.4, -0.2) is 15.7 Å². The van der Waals surface area contributed by atoms with E-state index < -0.39 is 5.82 Å². The summed E-state index contributed by atoms with van der Waals surface area (Å²) in [7, 11) is 0. The predicted octanol–water partition coefficient (Wildman–Crippen LogP) is 4.32. The molecule has 0 radical (unpaired) electrons. The van der Waals surface area contributed by atoms with Crippen LogP contribution in [-0.2, 0) is 4.79 Å². The molecule has 0 saturated heterocycles. The van der Waals surface area contributed by atoms with Crippen LogP contribution in [0.15, 0.2) is 67.0 Å². The van der Waals surface area contributed by atoms with Gasteiger partial charge in [0.25, 0.3) is 0 Å². The number of benzene rings is 2. The van der Waals surface area contributed by atoms with Crippen LogP contribution in [0, 0.1) is 5.82 Å². The third-order valence-corrected chi connectivity index (χ3v) is 3.53. The Morgan fingerprint density at radius 2 is 2.00 bits per heavy atom. The Labute approximate surface area is 143 Å². The van der Waals surface area contributed by atoms with E-state index in [1.165, 1.54) is 24.3 Å². The maximum atomic E-state index is 13.1. The molecule has 1 amide bonds. The minimum atomic E-state index is -0.529. The van der Waals surface area contributed by atoms with Crippen molar-refractivity contribution in [2.24, 2.45) is 0 Å². The third-order valence-electron chi connectivity index (χ3n) is 3.24. The second kappa shape index (κ2) is 7.10. The first-order valence-corrected chi connectivity index (χ1v) is 7.54. The lowest BCUT2D eigenvalue weighted by Crippen LogP contribution is -2.07. The molecule has 24 heavy (non-hydrogen) atoms. The highest BCUT2D eigenvalue weighted by molar-refractivity contribution is 6.31. The molecule has 3 rings (SSSR count). The van der Waals surface area contributed by atoms with Crippen molar-refractivity contribution in [1.29, 1.82) is 0 Å². The second-order valence-electron chi connectivity index (χ2n) is 5.01. The van der Waals surface area contributed by atoms with Gasteiger partial charge in [-0.3, -0.25) is 4.79 Å². The SMILES string of the molecule is O=C(/C=C/c1cnn(-c2ccccc2)c1)Nc1ccc(F)c(Cl)c1. The Bertz CT molecular complexity index is 890. The summed E-state index contributed by atoms with van der Waals surface area (Å²) < 4.78 is 14.8. The molecule has 1 heterocycles. The predicted molar refractivity (Wildman–Crippen MR) is 92.6 cm³/mol. The van der Waals surface area contributed by atoms with Crippen molar-refractivity contribution in [1.82, 2.24) is 9.78 Å². The van der Waals surface area contributed by atoms with Gasteiger partial charge in [-0.1, -0.05) is 29.8 Å². The zero-order valence-electron chi connectivity index (χ0n) is 12.5. The van der Waals surface area contributed by atoms with Gasteiger partial charge >= 0.3 is 0 Å². The van der Waals surface area contributed by atoms with E-state index in [9.17, 15) is 9.18 Å². The molecule has 0 aliphatic heterocycles. The van der Waals surface area contributed by atoms with Crippen molar-refractivity contribution in [3.63, 3.8) is 0 Å². The zero-order valence-corrected chi connectivity index (χ0v) is 13.2. The Kier molecular flexibility index (Phi) is 4.72. The molecule has 6 heteroatoms. The van der Waals surface area contributed by atoms with Crippen molar-refractivity contribution in [2.75, 3.05) is 5.32 Å². The van der Waals surface area contributed by atoms with Crippen molar-refractivity contribution >= 4 is 29.3 Å². The van der Waals surface area contributed by atoms with Crippen molar-refractivity contribution in [3.05, 3.63) is 83.4 Å². The fourth-order valence-electron chi connectivity index (χ4n) is 2.07. The largest absolute Gasteiger partial charge is 0.322 e. The Hall–Kier alpha value is -2.92. The molecule has 0 saturated carbocycles. The normalized spacial score (nSPS) is 10.9. The van der Waals surface area contributed by atoms with Crippen LogP contribution in [0.25, 0.3) is 11.8 Å². The summed E-state index contributed by atoms with van der Waals surface area (Å²) >= 11 is 5.68. The van der Waals surface area contributed by atoms with Gasteiger partial charge in [0.2, 0.25) is 5.91 Å². The molecule has 2 aromatic carbocycles. The van der Waals surface area contributed by atoms with Gasteiger partial charge in [-0.15, -0.1) is 0 Å². The number of rotatable bonds is 4. The lowest BCUT2D eigenvalue weighted by atomic mass is 10.3. The van der Waals surface area contributed by atoms with Crippen LogP contribution in [0.5, 0.6) is 0 Å². The summed E-state index contributed by atoms with van der Waals surface area (Å²) in [5.41, 5.74) is 2.14. The Balaban J connectivity index is 1.66. The molecule has 0 atom stereocenters. The Morgan fingerprint density at radius 3 is 2.75 bits per heavy atom. The summed E-state index contributed by atoms with van der Waals surface area (Å²) in [4.78, 5) is 11.9. The van der Waals surface area contributed by atoms with Gasteiger partial charge in [0.1, 0.15) is 5.82 Å². The molecule has 0 spiro atoms. The van der Waals surface area contributed by atoms with Crippen LogP contribution in [0.2, 0.25) is 5.02 Å². The zero-order chi connectivity index (χ0) is 16.9. The standard InChI is InChI=1S/C18H13ClFN3O/c19-16-10-14(7-8-17(16)20)22-18(24)9-6-13-11-21-23(12-13)15-4-2-1-3-5-15/h1-12H,(H,22,24)/b9-6+. The Morgan fingerprint density at radius 1 is 1.21 bits per heavy atom. The topological polar surface area (TPSA) is 46.9 Å². The maximum absolute atomic E-state index is 13.1. The number of anilines is 1. The first kappa shape index (κ1) is 16.0. The number of para-hydroxylation sites is 1. The average molecular weight is 342 g/mol. The van der Waals surface area contributed by atoms with Crippen molar-refractivity contribution in [3.8, 4) is 5.69 Å². The van der Waals surface area contributed by atoms with E-state index in [2.05, 4.69) is 10.4 Å². The fourth-order valence-corrected chi connectivity index (χ4v) is 2.25. The molecule has 0 unspecified atom stereocenters.